The first-order valence-corrected chi connectivity index (χ1v) is 9.01. The van der Waals surface area contributed by atoms with Crippen molar-refractivity contribution in [1.29, 1.82) is 0 Å². The van der Waals surface area contributed by atoms with Crippen molar-refractivity contribution >= 4 is 34.6 Å². The van der Waals surface area contributed by atoms with E-state index in [0.29, 0.717) is 22.3 Å². The summed E-state index contributed by atoms with van der Waals surface area (Å²) < 4.78 is 7.28. The largest absolute Gasteiger partial charge is 0.478 e. The van der Waals surface area contributed by atoms with Crippen LogP contribution in [0.2, 0.25) is 0 Å². The molecule has 1 aromatic heterocycles. The van der Waals surface area contributed by atoms with Crippen molar-refractivity contribution in [2.24, 2.45) is 0 Å². The van der Waals surface area contributed by atoms with Crippen molar-refractivity contribution in [2.75, 3.05) is 7.11 Å². The Balaban J connectivity index is 1.76. The van der Waals surface area contributed by atoms with E-state index in [1.54, 1.807) is 41.0 Å². The van der Waals surface area contributed by atoms with Crippen molar-refractivity contribution in [2.45, 2.75) is 12.5 Å². The third kappa shape index (κ3) is 3.17. The fourth-order valence-corrected chi connectivity index (χ4v) is 3.62. The summed E-state index contributed by atoms with van der Waals surface area (Å²) in [5, 5.41) is 11.2. The number of benzene rings is 2. The minimum atomic E-state index is -1.05. The van der Waals surface area contributed by atoms with Gasteiger partial charge in [0.15, 0.2) is 17.6 Å². The van der Waals surface area contributed by atoms with E-state index < -0.39 is 12.0 Å². The second-order valence-corrected chi connectivity index (χ2v) is 6.58. The summed E-state index contributed by atoms with van der Waals surface area (Å²) in [6, 6.07) is 14.6. The molecule has 8 nitrogen and oxygen atoms in total. The van der Waals surface area contributed by atoms with Crippen LogP contribution in [0.3, 0.4) is 0 Å². The molecule has 0 amide bonds. The molecule has 1 aliphatic rings. The average Bonchev–Trinajstić information content (AvgIpc) is 3.27. The zero-order valence-electron chi connectivity index (χ0n) is 15.9. The lowest BCUT2D eigenvalue weighted by Crippen LogP contribution is -2.22. The van der Waals surface area contributed by atoms with Gasteiger partial charge in [-0.25, -0.2) is 19.4 Å². The lowest BCUT2D eigenvalue weighted by Gasteiger charge is -2.22. The topological polar surface area (TPSA) is 98.1 Å². The molecule has 0 saturated heterocycles. The first kappa shape index (κ1) is 19.2. The van der Waals surface area contributed by atoms with Crippen LogP contribution in [0.15, 0.2) is 60.4 Å². The third-order valence-electron chi connectivity index (χ3n) is 4.89. The monoisotopic (exact) mass is 404 g/mol. The molecule has 1 aliphatic heterocycles. The SMILES string of the molecule is CON1C(=C=O)n2c(cc3cc(C(=O)O)ccc32)C1CC(=C=O)Oc1ccccc1. The lowest BCUT2D eigenvalue weighted by atomic mass is 10.1. The number of nitrogens with zero attached hydrogens (tertiary/aromatic N) is 2. The lowest BCUT2D eigenvalue weighted by molar-refractivity contribution is -0.105. The predicted molar refractivity (Wildman–Crippen MR) is 107 cm³/mol. The number of hydroxylamine groups is 2. The number of aromatic carboxylic acids is 1. The average molecular weight is 404 g/mol. The summed E-state index contributed by atoms with van der Waals surface area (Å²) in [6.45, 7) is 0. The minimum Gasteiger partial charge on any atom is -0.478 e. The van der Waals surface area contributed by atoms with Crippen molar-refractivity contribution in [1.82, 2.24) is 9.63 Å². The smallest absolute Gasteiger partial charge is 0.335 e. The van der Waals surface area contributed by atoms with Crippen LogP contribution in [0.1, 0.15) is 28.5 Å². The molecule has 1 unspecified atom stereocenters. The van der Waals surface area contributed by atoms with Crippen LogP contribution in [-0.4, -0.2) is 39.7 Å². The van der Waals surface area contributed by atoms with Crippen LogP contribution in [-0.2, 0) is 14.4 Å². The van der Waals surface area contributed by atoms with Gasteiger partial charge in [0.2, 0.25) is 5.82 Å². The summed E-state index contributed by atoms with van der Waals surface area (Å²) >= 11 is 0. The molecule has 0 aliphatic carbocycles. The Kier molecular flexibility index (Phi) is 4.96. The maximum absolute atomic E-state index is 11.7. The molecule has 8 heteroatoms. The standard InChI is InChI=1S/C22H16N2O6/c1-29-24-20(11-17(12-25)30-16-5-3-2-4-6-16)19-10-15-9-14(22(27)28)7-8-18(15)23(19)21(24)13-26/h2-10,20H,11H2,1H3,(H,27,28). The number of hydrogen-bond acceptors (Lipinski definition) is 6. The zero-order valence-corrected chi connectivity index (χ0v) is 15.9. The molecule has 1 atom stereocenters. The fourth-order valence-electron chi connectivity index (χ4n) is 3.62. The molecule has 0 radical (unpaired) electrons. The number of aromatic nitrogens is 1. The van der Waals surface area contributed by atoms with E-state index in [9.17, 15) is 19.5 Å². The highest BCUT2D eigenvalue weighted by Gasteiger charge is 2.38. The number of rotatable bonds is 6. The first-order valence-electron chi connectivity index (χ1n) is 9.01. The number of carboxylic acids is 1. The van der Waals surface area contributed by atoms with Crippen molar-refractivity contribution in [3.8, 4) is 5.75 Å². The molecule has 1 N–H and O–H groups in total. The fraction of sp³-hybridized carbons (Fsp3) is 0.136. The number of para-hydroxylation sites is 1. The Hall–Kier alpha value is -4.09. The minimum absolute atomic E-state index is 0.0310. The van der Waals surface area contributed by atoms with E-state index in [1.807, 2.05) is 17.9 Å². The Labute approximate surface area is 170 Å². The van der Waals surface area contributed by atoms with Gasteiger partial charge in [0.25, 0.3) is 0 Å². The van der Waals surface area contributed by atoms with Gasteiger partial charge in [0.05, 0.1) is 23.9 Å². The Morgan fingerprint density at radius 3 is 2.53 bits per heavy atom. The van der Waals surface area contributed by atoms with Crippen LogP contribution in [0, 0.1) is 0 Å². The maximum atomic E-state index is 11.7. The number of hydrogen-bond donors (Lipinski definition) is 1. The van der Waals surface area contributed by atoms with Crippen molar-refractivity contribution in [3.63, 3.8) is 0 Å². The van der Waals surface area contributed by atoms with Crippen molar-refractivity contribution in [3.05, 3.63) is 71.6 Å². The molecule has 0 fully saturated rings. The molecule has 0 bridgehead atoms. The van der Waals surface area contributed by atoms with Crippen LogP contribution in [0.25, 0.3) is 16.7 Å². The van der Waals surface area contributed by atoms with E-state index in [4.69, 9.17) is 9.57 Å². The van der Waals surface area contributed by atoms with E-state index in [2.05, 4.69) is 0 Å². The van der Waals surface area contributed by atoms with Crippen LogP contribution < -0.4 is 4.74 Å². The van der Waals surface area contributed by atoms with E-state index in [-0.39, 0.29) is 23.6 Å². The molecule has 2 aromatic carbocycles. The molecule has 0 saturated carbocycles. The summed E-state index contributed by atoms with van der Waals surface area (Å²) in [5.74, 6) is 3.25. The number of fused-ring (bicyclic) bond motifs is 3. The molecule has 150 valence electrons. The number of ether oxygens (including phenoxy) is 1. The molecule has 0 spiro atoms. The maximum Gasteiger partial charge on any atom is 0.335 e. The van der Waals surface area contributed by atoms with E-state index >= 15 is 0 Å². The molecular weight excluding hydrogens is 388 g/mol. The highest BCUT2D eigenvalue weighted by molar-refractivity contribution is 5.96. The highest BCUT2D eigenvalue weighted by atomic mass is 16.7. The first-order chi connectivity index (χ1) is 14.6. The van der Waals surface area contributed by atoms with E-state index in [1.165, 1.54) is 24.3 Å². The molecule has 4 rings (SSSR count). The molecule has 2 heterocycles. The number of carbonyl (C=O) groups is 1. The highest BCUT2D eigenvalue weighted by Crippen LogP contribution is 2.42. The molecular formula is C22H16N2O6. The summed E-state index contributed by atoms with van der Waals surface area (Å²) in [7, 11) is 1.41. The van der Waals surface area contributed by atoms with Gasteiger partial charge < -0.3 is 9.84 Å². The van der Waals surface area contributed by atoms with Crippen LogP contribution in [0.4, 0.5) is 0 Å². The molecule has 30 heavy (non-hydrogen) atoms. The van der Waals surface area contributed by atoms with Gasteiger partial charge in [-0.05, 0) is 36.4 Å². The summed E-state index contributed by atoms with van der Waals surface area (Å²) in [6.07, 6.45) is 0.0690. The normalized spacial score (nSPS) is 14.9. The van der Waals surface area contributed by atoms with Crippen molar-refractivity contribution < 1.29 is 29.1 Å². The zero-order chi connectivity index (χ0) is 21.3. The van der Waals surface area contributed by atoms with Crippen LogP contribution in [0.5, 0.6) is 5.75 Å². The summed E-state index contributed by atoms with van der Waals surface area (Å²) in [4.78, 5) is 40.0. The van der Waals surface area contributed by atoms with E-state index in [0.717, 1.165) is 0 Å². The molecule has 3 aromatic rings. The van der Waals surface area contributed by atoms with Crippen LogP contribution >= 0.6 is 0 Å². The number of carbonyl (C=O) groups excluding carboxylic acids is 2. The van der Waals surface area contributed by atoms with Gasteiger partial charge in [0.1, 0.15) is 11.8 Å². The number of carboxylic acid groups (broad SMARTS) is 1. The predicted octanol–water partition coefficient (Wildman–Crippen LogP) is 3.07. The van der Waals surface area contributed by atoms with Gasteiger partial charge in [-0.2, -0.15) is 0 Å². The third-order valence-corrected chi connectivity index (χ3v) is 4.89. The van der Waals surface area contributed by atoms with Gasteiger partial charge in [-0.1, -0.05) is 18.2 Å². The van der Waals surface area contributed by atoms with Gasteiger partial charge in [-0.3, -0.25) is 9.40 Å². The van der Waals surface area contributed by atoms with Gasteiger partial charge in [0, 0.05) is 11.8 Å². The van der Waals surface area contributed by atoms with Gasteiger partial charge >= 0.3 is 5.97 Å². The second kappa shape index (κ2) is 7.73. The van der Waals surface area contributed by atoms with Gasteiger partial charge in [-0.15, -0.1) is 0 Å². The Morgan fingerprint density at radius 1 is 1.13 bits per heavy atom. The second-order valence-electron chi connectivity index (χ2n) is 6.58. The Bertz CT molecular complexity index is 1230. The summed E-state index contributed by atoms with van der Waals surface area (Å²) in [5.41, 5.74) is 1.39. The Morgan fingerprint density at radius 2 is 1.90 bits per heavy atom. The quantitative estimate of drug-likeness (QED) is 0.498.